The lowest BCUT2D eigenvalue weighted by molar-refractivity contribution is -0.136. The molecule has 0 saturated heterocycles. The summed E-state index contributed by atoms with van der Waals surface area (Å²) in [5, 5.41) is 6.10. The summed E-state index contributed by atoms with van der Waals surface area (Å²) in [6.07, 6.45) is 3.93. The Morgan fingerprint density at radius 2 is 2.05 bits per heavy atom. The van der Waals surface area contributed by atoms with Crippen LogP contribution in [0.4, 0.5) is 5.69 Å². The third kappa shape index (κ3) is 3.17. The SMILES string of the molecule is O=C(NCCc1ccco1)C(=O)Nc1ccc2[nH]ccc2c1. The zero-order valence-corrected chi connectivity index (χ0v) is 11.8. The molecule has 3 rings (SSSR count). The van der Waals surface area contributed by atoms with Crippen LogP contribution in [0.1, 0.15) is 5.76 Å². The highest BCUT2D eigenvalue weighted by molar-refractivity contribution is 6.39. The maximum Gasteiger partial charge on any atom is 0.313 e. The van der Waals surface area contributed by atoms with Crippen molar-refractivity contribution < 1.29 is 14.0 Å². The maximum atomic E-state index is 11.8. The number of carbonyl (C=O) groups excluding carboxylic acids is 2. The smallest absolute Gasteiger partial charge is 0.313 e. The van der Waals surface area contributed by atoms with Gasteiger partial charge < -0.3 is 20.0 Å². The number of aromatic amines is 1. The van der Waals surface area contributed by atoms with Crippen LogP contribution in [0.2, 0.25) is 0 Å². The summed E-state index contributed by atoms with van der Waals surface area (Å²) in [7, 11) is 0. The van der Waals surface area contributed by atoms with Crippen LogP contribution >= 0.6 is 0 Å². The van der Waals surface area contributed by atoms with Gasteiger partial charge in [-0.05, 0) is 36.4 Å². The van der Waals surface area contributed by atoms with Crippen molar-refractivity contribution in [3.05, 3.63) is 54.6 Å². The lowest BCUT2D eigenvalue weighted by Gasteiger charge is -2.06. The first-order valence-corrected chi connectivity index (χ1v) is 6.91. The number of anilines is 1. The van der Waals surface area contributed by atoms with Gasteiger partial charge in [-0.1, -0.05) is 0 Å². The number of hydrogen-bond acceptors (Lipinski definition) is 3. The van der Waals surface area contributed by atoms with Crippen LogP contribution in [-0.4, -0.2) is 23.3 Å². The summed E-state index contributed by atoms with van der Waals surface area (Å²) in [6.45, 7) is 0.344. The summed E-state index contributed by atoms with van der Waals surface area (Å²) in [6, 6.07) is 10.9. The van der Waals surface area contributed by atoms with Gasteiger partial charge in [0.15, 0.2) is 0 Å². The van der Waals surface area contributed by atoms with E-state index in [0.717, 1.165) is 16.7 Å². The predicted octanol–water partition coefficient (Wildman–Crippen LogP) is 2.06. The first-order valence-electron chi connectivity index (χ1n) is 6.91. The normalized spacial score (nSPS) is 10.5. The van der Waals surface area contributed by atoms with E-state index < -0.39 is 11.8 Å². The average Bonchev–Trinajstić information content (AvgIpc) is 3.17. The van der Waals surface area contributed by atoms with Gasteiger partial charge in [-0.15, -0.1) is 0 Å². The molecule has 6 nitrogen and oxygen atoms in total. The summed E-state index contributed by atoms with van der Waals surface area (Å²) in [5.74, 6) is -0.589. The molecule has 2 aromatic heterocycles. The molecule has 2 amide bonds. The fourth-order valence-corrected chi connectivity index (χ4v) is 2.15. The zero-order chi connectivity index (χ0) is 15.4. The summed E-state index contributed by atoms with van der Waals surface area (Å²) < 4.78 is 5.15. The molecule has 1 aromatic carbocycles. The molecule has 6 heteroatoms. The second-order valence-corrected chi connectivity index (χ2v) is 4.82. The number of benzene rings is 1. The van der Waals surface area contributed by atoms with Gasteiger partial charge in [-0.2, -0.15) is 0 Å². The van der Waals surface area contributed by atoms with Gasteiger partial charge in [0.05, 0.1) is 6.26 Å². The molecule has 0 spiro atoms. The number of fused-ring (bicyclic) bond motifs is 1. The minimum absolute atomic E-state index is 0.344. The van der Waals surface area contributed by atoms with Gasteiger partial charge >= 0.3 is 11.8 Å². The van der Waals surface area contributed by atoms with E-state index in [0.29, 0.717) is 18.7 Å². The molecular weight excluding hydrogens is 282 g/mol. The van der Waals surface area contributed by atoms with Crippen LogP contribution in [0.3, 0.4) is 0 Å². The first kappa shape index (κ1) is 13.9. The molecule has 112 valence electrons. The number of furan rings is 1. The standard InChI is InChI=1S/C16H15N3O3/c20-15(18-8-6-13-2-1-9-22-13)16(21)19-12-3-4-14-11(10-12)5-7-17-14/h1-5,7,9-10,17H,6,8H2,(H,18,20)(H,19,21). The Morgan fingerprint density at radius 3 is 2.86 bits per heavy atom. The number of aromatic nitrogens is 1. The maximum absolute atomic E-state index is 11.8. The van der Waals surface area contributed by atoms with Gasteiger partial charge in [-0.3, -0.25) is 9.59 Å². The third-order valence-corrected chi connectivity index (χ3v) is 3.25. The van der Waals surface area contributed by atoms with E-state index in [1.165, 1.54) is 0 Å². The zero-order valence-electron chi connectivity index (χ0n) is 11.8. The molecule has 3 N–H and O–H groups in total. The minimum Gasteiger partial charge on any atom is -0.469 e. The highest BCUT2D eigenvalue weighted by Crippen LogP contribution is 2.17. The van der Waals surface area contributed by atoms with Gasteiger partial charge in [0.1, 0.15) is 5.76 Å². The van der Waals surface area contributed by atoms with Gasteiger partial charge in [0, 0.05) is 35.8 Å². The molecular formula is C16H15N3O3. The van der Waals surface area contributed by atoms with E-state index >= 15 is 0 Å². The van der Waals surface area contributed by atoms with E-state index in [4.69, 9.17) is 4.42 Å². The second-order valence-electron chi connectivity index (χ2n) is 4.82. The molecule has 0 unspecified atom stereocenters. The highest BCUT2D eigenvalue weighted by atomic mass is 16.3. The number of nitrogens with one attached hydrogen (secondary N) is 3. The molecule has 0 atom stereocenters. The monoisotopic (exact) mass is 297 g/mol. The molecule has 2 heterocycles. The van der Waals surface area contributed by atoms with Crippen molar-refractivity contribution in [2.45, 2.75) is 6.42 Å². The van der Waals surface area contributed by atoms with E-state index in [1.54, 1.807) is 24.5 Å². The Kier molecular flexibility index (Phi) is 3.91. The Labute approximate surface area is 126 Å². The van der Waals surface area contributed by atoms with Crippen molar-refractivity contribution in [2.75, 3.05) is 11.9 Å². The molecule has 3 aromatic rings. The number of carbonyl (C=O) groups is 2. The summed E-state index contributed by atoms with van der Waals surface area (Å²) in [4.78, 5) is 26.6. The van der Waals surface area contributed by atoms with E-state index in [1.807, 2.05) is 24.4 Å². The molecule has 0 aliphatic rings. The topological polar surface area (TPSA) is 87.1 Å². The third-order valence-electron chi connectivity index (χ3n) is 3.25. The lowest BCUT2D eigenvalue weighted by Crippen LogP contribution is -2.36. The Hall–Kier alpha value is -3.02. The van der Waals surface area contributed by atoms with Gasteiger partial charge in [0.2, 0.25) is 0 Å². The molecule has 0 aliphatic heterocycles. The molecule has 0 radical (unpaired) electrons. The highest BCUT2D eigenvalue weighted by Gasteiger charge is 2.13. The minimum atomic E-state index is -0.686. The number of rotatable bonds is 4. The second kappa shape index (κ2) is 6.17. The number of H-pyrrole nitrogens is 1. The van der Waals surface area contributed by atoms with Gasteiger partial charge in [-0.25, -0.2) is 0 Å². The van der Waals surface area contributed by atoms with Crippen molar-refractivity contribution in [2.24, 2.45) is 0 Å². The van der Waals surface area contributed by atoms with Crippen LogP contribution in [-0.2, 0) is 16.0 Å². The Morgan fingerprint density at radius 1 is 1.14 bits per heavy atom. The fourth-order valence-electron chi connectivity index (χ4n) is 2.15. The number of hydrogen-bond donors (Lipinski definition) is 3. The van der Waals surface area contributed by atoms with Crippen LogP contribution in [0.15, 0.2) is 53.3 Å². The molecule has 22 heavy (non-hydrogen) atoms. The molecule has 0 bridgehead atoms. The predicted molar refractivity (Wildman–Crippen MR) is 82.4 cm³/mol. The lowest BCUT2D eigenvalue weighted by atomic mass is 10.2. The first-order chi connectivity index (χ1) is 10.7. The van der Waals surface area contributed by atoms with E-state index in [2.05, 4.69) is 15.6 Å². The fraction of sp³-hybridized carbons (Fsp3) is 0.125. The summed E-state index contributed by atoms with van der Waals surface area (Å²) in [5.41, 5.74) is 1.55. The molecule has 0 fully saturated rings. The van der Waals surface area contributed by atoms with Crippen molar-refractivity contribution in [1.29, 1.82) is 0 Å². The van der Waals surface area contributed by atoms with Gasteiger partial charge in [0.25, 0.3) is 0 Å². The van der Waals surface area contributed by atoms with Crippen molar-refractivity contribution in [3.8, 4) is 0 Å². The van der Waals surface area contributed by atoms with Crippen LogP contribution in [0.5, 0.6) is 0 Å². The van der Waals surface area contributed by atoms with E-state index in [-0.39, 0.29) is 0 Å². The van der Waals surface area contributed by atoms with E-state index in [9.17, 15) is 9.59 Å². The quantitative estimate of drug-likeness (QED) is 0.644. The van der Waals surface area contributed by atoms with Crippen molar-refractivity contribution in [1.82, 2.24) is 10.3 Å². The van der Waals surface area contributed by atoms with Crippen LogP contribution < -0.4 is 10.6 Å². The Bertz CT molecular complexity index is 790. The largest absolute Gasteiger partial charge is 0.469 e. The van der Waals surface area contributed by atoms with Crippen LogP contribution in [0, 0.1) is 0 Å². The van der Waals surface area contributed by atoms with Crippen molar-refractivity contribution in [3.63, 3.8) is 0 Å². The Balaban J connectivity index is 1.53. The van der Waals surface area contributed by atoms with Crippen molar-refractivity contribution >= 4 is 28.4 Å². The molecule has 0 aliphatic carbocycles. The average molecular weight is 297 g/mol. The number of amides is 2. The molecule has 0 saturated carbocycles. The van der Waals surface area contributed by atoms with Crippen LogP contribution in [0.25, 0.3) is 10.9 Å². The summed E-state index contributed by atoms with van der Waals surface area (Å²) >= 11 is 0.